The molecule has 2 saturated heterocycles. The SMILES string of the molecule is O=C(NCCN1CCN(Cc2ccc(I)c(Cl)c2)CC1)c1ccc(Cl)cc1OCC(=O)N1CCCC(CO)C1. The maximum atomic E-state index is 13.0. The van der Waals surface area contributed by atoms with Crippen LogP contribution in [0.4, 0.5) is 0 Å². The number of hydrogen-bond acceptors (Lipinski definition) is 6. The van der Waals surface area contributed by atoms with E-state index in [1.165, 1.54) is 5.56 Å². The molecule has 2 aliphatic rings. The number of nitrogens with one attached hydrogen (secondary N) is 1. The molecule has 2 amide bonds. The number of aliphatic hydroxyl groups excluding tert-OH is 1. The molecule has 2 aliphatic heterocycles. The molecular formula is C28H35Cl2IN4O4. The lowest BCUT2D eigenvalue weighted by Crippen LogP contribution is -2.48. The Kier molecular flexibility index (Phi) is 11.5. The van der Waals surface area contributed by atoms with Crippen LogP contribution in [0.1, 0.15) is 28.8 Å². The number of benzene rings is 2. The molecule has 212 valence electrons. The number of carbonyl (C=O) groups excluding carboxylic acids is 2. The second-order valence-corrected chi connectivity index (χ2v) is 12.1. The second-order valence-electron chi connectivity index (χ2n) is 10.1. The van der Waals surface area contributed by atoms with Crippen molar-refractivity contribution in [3.05, 3.63) is 61.1 Å². The van der Waals surface area contributed by atoms with E-state index in [0.29, 0.717) is 30.2 Å². The number of carbonyl (C=O) groups is 2. The van der Waals surface area contributed by atoms with E-state index in [1.54, 1.807) is 23.1 Å². The first-order valence-electron chi connectivity index (χ1n) is 13.3. The topological polar surface area (TPSA) is 85.4 Å². The summed E-state index contributed by atoms with van der Waals surface area (Å²) in [6.45, 7) is 6.96. The van der Waals surface area contributed by atoms with E-state index in [9.17, 15) is 14.7 Å². The van der Waals surface area contributed by atoms with Gasteiger partial charge in [-0.2, -0.15) is 0 Å². The summed E-state index contributed by atoms with van der Waals surface area (Å²) in [5, 5.41) is 13.6. The zero-order valence-electron chi connectivity index (χ0n) is 21.9. The Hall–Kier alpha value is -1.63. The average Bonchev–Trinajstić information content (AvgIpc) is 2.94. The van der Waals surface area contributed by atoms with Gasteiger partial charge >= 0.3 is 0 Å². The van der Waals surface area contributed by atoms with Gasteiger partial charge in [0.05, 0.1) is 10.6 Å². The number of nitrogens with zero attached hydrogens (tertiary/aromatic N) is 3. The molecule has 0 spiro atoms. The molecule has 0 aliphatic carbocycles. The van der Waals surface area contributed by atoms with Gasteiger partial charge in [-0.3, -0.25) is 19.4 Å². The minimum absolute atomic E-state index is 0.0709. The lowest BCUT2D eigenvalue weighted by atomic mass is 9.99. The fraction of sp³-hybridized carbons (Fsp3) is 0.500. The van der Waals surface area contributed by atoms with Crippen LogP contribution >= 0.6 is 45.8 Å². The number of likely N-dealkylation sites (tertiary alicyclic amines) is 1. The number of piperidine rings is 1. The van der Waals surface area contributed by atoms with Gasteiger partial charge in [-0.1, -0.05) is 29.3 Å². The Balaban J connectivity index is 1.21. The van der Waals surface area contributed by atoms with Crippen molar-refractivity contribution in [2.75, 3.05) is 65.6 Å². The Morgan fingerprint density at radius 2 is 1.82 bits per heavy atom. The summed E-state index contributed by atoms with van der Waals surface area (Å²) in [7, 11) is 0. The normalized spacial score (nSPS) is 18.7. The van der Waals surface area contributed by atoms with Gasteiger partial charge in [0, 0.05) is 74.1 Å². The molecule has 2 aromatic rings. The van der Waals surface area contributed by atoms with Crippen molar-refractivity contribution in [3.8, 4) is 5.75 Å². The van der Waals surface area contributed by atoms with Crippen molar-refractivity contribution >= 4 is 57.6 Å². The van der Waals surface area contributed by atoms with E-state index in [1.807, 2.05) is 12.1 Å². The molecule has 0 saturated carbocycles. The minimum Gasteiger partial charge on any atom is -0.483 e. The third-order valence-electron chi connectivity index (χ3n) is 7.24. The summed E-state index contributed by atoms with van der Waals surface area (Å²) in [6.07, 6.45) is 1.77. The van der Waals surface area contributed by atoms with Crippen molar-refractivity contribution < 1.29 is 19.4 Å². The molecular weight excluding hydrogens is 654 g/mol. The molecule has 4 rings (SSSR count). The smallest absolute Gasteiger partial charge is 0.260 e. The van der Waals surface area contributed by atoms with Gasteiger partial charge in [-0.05, 0) is 77.2 Å². The highest BCUT2D eigenvalue weighted by molar-refractivity contribution is 14.1. The molecule has 8 nitrogen and oxygen atoms in total. The van der Waals surface area contributed by atoms with Gasteiger partial charge in [0.1, 0.15) is 5.75 Å². The monoisotopic (exact) mass is 688 g/mol. The fourth-order valence-corrected chi connectivity index (χ4v) is 5.67. The Morgan fingerprint density at radius 3 is 2.56 bits per heavy atom. The summed E-state index contributed by atoms with van der Waals surface area (Å²) < 4.78 is 6.83. The van der Waals surface area contributed by atoms with Crippen molar-refractivity contribution in [2.45, 2.75) is 19.4 Å². The molecule has 39 heavy (non-hydrogen) atoms. The Labute approximate surface area is 253 Å². The molecule has 2 aromatic carbocycles. The number of aliphatic hydroxyl groups is 1. The van der Waals surface area contributed by atoms with Gasteiger partial charge in [0.15, 0.2) is 6.61 Å². The molecule has 0 bridgehead atoms. The fourth-order valence-electron chi connectivity index (χ4n) is 4.96. The van der Waals surface area contributed by atoms with Crippen LogP contribution in [-0.4, -0.2) is 97.2 Å². The van der Waals surface area contributed by atoms with Gasteiger partial charge in [0.2, 0.25) is 0 Å². The Morgan fingerprint density at radius 1 is 1.05 bits per heavy atom. The number of ether oxygens (including phenoxy) is 1. The maximum absolute atomic E-state index is 13.0. The summed E-state index contributed by atoms with van der Waals surface area (Å²) >= 11 is 14.7. The van der Waals surface area contributed by atoms with E-state index >= 15 is 0 Å². The summed E-state index contributed by atoms with van der Waals surface area (Å²) in [5.74, 6) is -0.0380. The van der Waals surface area contributed by atoms with E-state index in [-0.39, 0.29) is 36.7 Å². The van der Waals surface area contributed by atoms with E-state index in [2.05, 4.69) is 43.8 Å². The molecule has 1 unspecified atom stereocenters. The van der Waals surface area contributed by atoms with Gasteiger partial charge in [0.25, 0.3) is 11.8 Å². The van der Waals surface area contributed by atoms with Crippen LogP contribution in [0.5, 0.6) is 5.75 Å². The van der Waals surface area contributed by atoms with Gasteiger partial charge in [-0.15, -0.1) is 0 Å². The first-order valence-corrected chi connectivity index (χ1v) is 15.1. The second kappa shape index (κ2) is 14.8. The number of hydrogen-bond donors (Lipinski definition) is 2. The van der Waals surface area contributed by atoms with Crippen LogP contribution < -0.4 is 10.1 Å². The molecule has 0 radical (unpaired) electrons. The highest BCUT2D eigenvalue weighted by atomic mass is 127. The quantitative estimate of drug-likeness (QED) is 0.370. The lowest BCUT2D eigenvalue weighted by molar-refractivity contribution is -0.135. The van der Waals surface area contributed by atoms with Gasteiger partial charge in [-0.25, -0.2) is 0 Å². The van der Waals surface area contributed by atoms with Crippen molar-refractivity contribution in [3.63, 3.8) is 0 Å². The lowest BCUT2D eigenvalue weighted by Gasteiger charge is -2.34. The highest BCUT2D eigenvalue weighted by Gasteiger charge is 2.24. The molecule has 2 fully saturated rings. The van der Waals surface area contributed by atoms with Crippen LogP contribution in [0, 0.1) is 9.49 Å². The maximum Gasteiger partial charge on any atom is 0.260 e. The summed E-state index contributed by atoms with van der Waals surface area (Å²) in [5.41, 5.74) is 1.56. The van der Waals surface area contributed by atoms with E-state index in [4.69, 9.17) is 27.9 Å². The largest absolute Gasteiger partial charge is 0.483 e. The van der Waals surface area contributed by atoms with Crippen molar-refractivity contribution in [1.29, 1.82) is 0 Å². The molecule has 1 atom stereocenters. The summed E-state index contributed by atoms with van der Waals surface area (Å²) in [6, 6.07) is 11.0. The first-order chi connectivity index (χ1) is 18.8. The predicted octanol–water partition coefficient (Wildman–Crippen LogP) is 3.76. The zero-order chi connectivity index (χ0) is 27.8. The van der Waals surface area contributed by atoms with E-state index in [0.717, 1.165) is 60.7 Å². The van der Waals surface area contributed by atoms with E-state index < -0.39 is 0 Å². The van der Waals surface area contributed by atoms with Crippen LogP contribution in [0.2, 0.25) is 10.0 Å². The van der Waals surface area contributed by atoms with Crippen molar-refractivity contribution in [1.82, 2.24) is 20.0 Å². The molecule has 2 N–H and O–H groups in total. The molecule has 2 heterocycles. The zero-order valence-corrected chi connectivity index (χ0v) is 25.6. The minimum atomic E-state index is -0.262. The van der Waals surface area contributed by atoms with Crippen molar-refractivity contribution in [2.24, 2.45) is 5.92 Å². The number of halogens is 3. The van der Waals surface area contributed by atoms with Gasteiger partial charge < -0.3 is 20.1 Å². The van der Waals surface area contributed by atoms with Crippen LogP contribution in [0.15, 0.2) is 36.4 Å². The Bertz CT molecular complexity index is 1150. The summed E-state index contributed by atoms with van der Waals surface area (Å²) in [4.78, 5) is 32.1. The third kappa shape index (κ3) is 8.93. The molecule has 11 heteroatoms. The average molecular weight is 689 g/mol. The first kappa shape index (κ1) is 30.3. The van der Waals surface area contributed by atoms with Crippen LogP contribution in [-0.2, 0) is 11.3 Å². The predicted molar refractivity (Wildman–Crippen MR) is 162 cm³/mol. The van der Waals surface area contributed by atoms with Crippen LogP contribution in [0.3, 0.4) is 0 Å². The standard InChI is InChI=1S/C28H35Cl2IN4O4/c29-22-4-5-23(26(15-22)39-19-27(37)35-8-1-2-21(17-35)18-36)28(38)32-7-9-33-10-12-34(13-11-33)16-20-3-6-25(31)24(30)14-20/h3-6,14-15,21,36H,1-2,7-13,16-19H2,(H,32,38). The number of amides is 2. The van der Waals surface area contributed by atoms with Crippen LogP contribution in [0.25, 0.3) is 0 Å². The third-order valence-corrected chi connectivity index (χ3v) is 9.05. The number of piperazine rings is 1. The highest BCUT2D eigenvalue weighted by Crippen LogP contribution is 2.24. The molecule has 0 aromatic heterocycles. The number of rotatable bonds is 10.